The number of carbonyl (C=O) groups is 2. The minimum atomic E-state index is -0.546. The van der Waals surface area contributed by atoms with Crippen LogP contribution in [-0.2, 0) is 41.5 Å². The van der Waals surface area contributed by atoms with E-state index in [1.807, 2.05) is 4.57 Å². The number of thiazole rings is 1. The Hall–Kier alpha value is -3.84. The third-order valence-corrected chi connectivity index (χ3v) is 6.41. The molecule has 1 amide bonds. The molecule has 1 aromatic carbocycles. The molecule has 3 heterocycles. The van der Waals surface area contributed by atoms with Crippen LogP contribution >= 0.6 is 11.3 Å². The first-order chi connectivity index (χ1) is 16.3. The fourth-order valence-corrected chi connectivity index (χ4v) is 4.72. The molecule has 0 unspecified atom stereocenters. The van der Waals surface area contributed by atoms with E-state index >= 15 is 0 Å². The number of imidazole rings is 1. The Kier molecular flexibility index (Phi) is 6.30. The van der Waals surface area contributed by atoms with Gasteiger partial charge in [-0.05, 0) is 18.2 Å². The monoisotopic (exact) mass is 486 g/mol. The zero-order valence-corrected chi connectivity index (χ0v) is 19.8. The van der Waals surface area contributed by atoms with Crippen molar-refractivity contribution in [1.29, 1.82) is 0 Å². The molecule has 0 aliphatic rings. The lowest BCUT2D eigenvalue weighted by molar-refractivity contribution is -0.118. The number of hydrogen-bond donors (Lipinski definition) is 0. The van der Waals surface area contributed by atoms with Gasteiger partial charge in [0, 0.05) is 27.7 Å². The van der Waals surface area contributed by atoms with E-state index in [1.165, 1.54) is 48.0 Å². The van der Waals surface area contributed by atoms with Gasteiger partial charge in [-0.1, -0.05) is 11.3 Å². The van der Waals surface area contributed by atoms with E-state index in [1.54, 1.807) is 25.3 Å². The predicted octanol–water partition coefficient (Wildman–Crippen LogP) is 0.0104. The van der Waals surface area contributed by atoms with Crippen LogP contribution in [-0.4, -0.2) is 56.0 Å². The molecular formula is C21H22N6O6S. The molecule has 0 atom stereocenters. The van der Waals surface area contributed by atoms with Gasteiger partial charge in [0.2, 0.25) is 0 Å². The van der Waals surface area contributed by atoms with Crippen molar-refractivity contribution in [2.75, 3.05) is 20.8 Å². The Balaban J connectivity index is 1.78. The van der Waals surface area contributed by atoms with E-state index in [9.17, 15) is 19.2 Å². The molecule has 0 spiro atoms. The number of hydrogen-bond acceptors (Lipinski definition) is 8. The quantitative estimate of drug-likeness (QED) is 0.351. The summed E-state index contributed by atoms with van der Waals surface area (Å²) in [6.07, 6.45) is 1.34. The predicted molar refractivity (Wildman–Crippen MR) is 124 cm³/mol. The molecule has 13 heteroatoms. The Morgan fingerprint density at radius 1 is 1.15 bits per heavy atom. The zero-order valence-electron chi connectivity index (χ0n) is 19.0. The number of rotatable bonds is 6. The van der Waals surface area contributed by atoms with E-state index in [-0.39, 0.29) is 17.7 Å². The molecular weight excluding hydrogens is 464 g/mol. The van der Waals surface area contributed by atoms with Crippen molar-refractivity contribution in [3.8, 4) is 0 Å². The molecule has 34 heavy (non-hydrogen) atoms. The van der Waals surface area contributed by atoms with Gasteiger partial charge in [-0.3, -0.25) is 18.7 Å². The third-order valence-electron chi connectivity index (χ3n) is 5.37. The van der Waals surface area contributed by atoms with Crippen molar-refractivity contribution in [2.24, 2.45) is 19.1 Å². The van der Waals surface area contributed by atoms with Gasteiger partial charge in [-0.15, -0.1) is 0 Å². The molecule has 4 rings (SSSR count). The van der Waals surface area contributed by atoms with Crippen LogP contribution in [0.2, 0.25) is 0 Å². The van der Waals surface area contributed by atoms with E-state index in [4.69, 9.17) is 9.47 Å². The summed E-state index contributed by atoms with van der Waals surface area (Å²) in [6, 6.07) is 5.10. The van der Waals surface area contributed by atoms with Crippen LogP contribution in [0.15, 0.2) is 39.1 Å². The smallest absolute Gasteiger partial charge is 0.337 e. The largest absolute Gasteiger partial charge is 0.465 e. The van der Waals surface area contributed by atoms with Crippen LogP contribution in [0.25, 0.3) is 21.4 Å². The van der Waals surface area contributed by atoms with Gasteiger partial charge in [-0.2, -0.15) is 4.99 Å². The standard InChI is InChI=1S/C21H22N6O6S/c1-24-17-16(18(29)25(2)21(24)31)26(11-22-17)10-15(28)23-20-27(7-8-32-3)13-6-5-12(19(30)33-4)9-14(13)34-20/h5-6,9,11H,7-8,10H2,1-4H3. The van der Waals surface area contributed by atoms with Gasteiger partial charge in [-0.25, -0.2) is 14.6 Å². The maximum Gasteiger partial charge on any atom is 0.337 e. The second-order valence-electron chi connectivity index (χ2n) is 7.46. The van der Waals surface area contributed by atoms with Gasteiger partial charge < -0.3 is 18.6 Å². The summed E-state index contributed by atoms with van der Waals surface area (Å²) in [4.78, 5) is 58.3. The zero-order chi connectivity index (χ0) is 24.6. The van der Waals surface area contributed by atoms with Crippen molar-refractivity contribution < 1.29 is 19.1 Å². The molecule has 0 aliphatic heterocycles. The van der Waals surface area contributed by atoms with Crippen LogP contribution in [0, 0.1) is 0 Å². The van der Waals surface area contributed by atoms with Gasteiger partial charge >= 0.3 is 11.7 Å². The van der Waals surface area contributed by atoms with E-state index < -0.39 is 23.1 Å². The molecule has 0 radical (unpaired) electrons. The molecule has 178 valence electrons. The normalized spacial score (nSPS) is 12.1. The van der Waals surface area contributed by atoms with Crippen LogP contribution in [0.1, 0.15) is 10.4 Å². The van der Waals surface area contributed by atoms with E-state index in [0.29, 0.717) is 23.5 Å². The first-order valence-corrected chi connectivity index (χ1v) is 11.0. The van der Waals surface area contributed by atoms with E-state index in [2.05, 4.69) is 9.98 Å². The van der Waals surface area contributed by atoms with Crippen molar-refractivity contribution in [2.45, 2.75) is 13.1 Å². The lowest BCUT2D eigenvalue weighted by Gasteiger charge is -2.06. The molecule has 0 N–H and O–H groups in total. The Labute approximate surface area is 195 Å². The number of benzene rings is 1. The number of methoxy groups -OCH3 is 2. The van der Waals surface area contributed by atoms with Crippen LogP contribution < -0.4 is 16.1 Å². The van der Waals surface area contributed by atoms with Crippen LogP contribution in [0.4, 0.5) is 0 Å². The van der Waals surface area contributed by atoms with Crippen molar-refractivity contribution in [1.82, 2.24) is 23.3 Å². The number of amides is 1. The summed E-state index contributed by atoms with van der Waals surface area (Å²) < 4.78 is 16.1. The molecule has 0 aliphatic carbocycles. The number of aromatic nitrogens is 5. The maximum absolute atomic E-state index is 12.9. The maximum atomic E-state index is 12.9. The molecule has 12 nitrogen and oxygen atoms in total. The Morgan fingerprint density at radius 3 is 2.62 bits per heavy atom. The third kappa shape index (κ3) is 3.99. The van der Waals surface area contributed by atoms with Crippen molar-refractivity contribution >= 4 is 44.6 Å². The average molecular weight is 487 g/mol. The molecule has 0 saturated carbocycles. The minimum Gasteiger partial charge on any atom is -0.465 e. The average Bonchev–Trinajstić information content (AvgIpc) is 3.39. The topological polar surface area (TPSA) is 132 Å². The van der Waals surface area contributed by atoms with Crippen LogP contribution in [0.5, 0.6) is 0 Å². The number of carbonyl (C=O) groups excluding carboxylic acids is 2. The fraction of sp³-hybridized carbons (Fsp3) is 0.333. The highest BCUT2D eigenvalue weighted by atomic mass is 32.1. The van der Waals surface area contributed by atoms with Gasteiger partial charge in [0.1, 0.15) is 6.54 Å². The lowest BCUT2D eigenvalue weighted by atomic mass is 10.2. The number of ether oxygens (including phenoxy) is 2. The lowest BCUT2D eigenvalue weighted by Crippen LogP contribution is -2.37. The summed E-state index contributed by atoms with van der Waals surface area (Å²) in [5.41, 5.74) is 0.454. The highest BCUT2D eigenvalue weighted by Crippen LogP contribution is 2.20. The molecule has 0 bridgehead atoms. The second kappa shape index (κ2) is 9.19. The summed E-state index contributed by atoms with van der Waals surface area (Å²) in [6.45, 7) is 0.592. The fourth-order valence-electron chi connectivity index (χ4n) is 3.61. The highest BCUT2D eigenvalue weighted by Gasteiger charge is 2.17. The number of nitrogens with zero attached hydrogens (tertiary/aromatic N) is 6. The van der Waals surface area contributed by atoms with Gasteiger partial charge in [0.15, 0.2) is 16.0 Å². The number of aryl methyl sites for hydroxylation is 1. The van der Waals surface area contributed by atoms with Gasteiger partial charge in [0.05, 0.1) is 35.8 Å². The second-order valence-corrected chi connectivity index (χ2v) is 8.47. The van der Waals surface area contributed by atoms with Crippen molar-refractivity contribution in [3.63, 3.8) is 0 Å². The number of fused-ring (bicyclic) bond motifs is 2. The van der Waals surface area contributed by atoms with Crippen LogP contribution in [0.3, 0.4) is 0 Å². The summed E-state index contributed by atoms with van der Waals surface area (Å²) in [5.74, 6) is -0.975. The summed E-state index contributed by atoms with van der Waals surface area (Å²) in [5, 5.41) is 0. The summed E-state index contributed by atoms with van der Waals surface area (Å²) in [7, 11) is 5.76. The summed E-state index contributed by atoms with van der Waals surface area (Å²) >= 11 is 1.25. The Bertz CT molecular complexity index is 1620. The van der Waals surface area contributed by atoms with E-state index in [0.717, 1.165) is 14.8 Å². The SMILES string of the molecule is COCCn1c(=NC(=O)Cn2cnc3c2c(=O)n(C)c(=O)n3C)sc2cc(C(=O)OC)ccc21. The highest BCUT2D eigenvalue weighted by molar-refractivity contribution is 7.16. The molecule has 4 aromatic rings. The van der Waals surface area contributed by atoms with Crippen molar-refractivity contribution in [3.05, 3.63) is 55.7 Å². The molecule has 0 fully saturated rings. The Morgan fingerprint density at radius 2 is 1.91 bits per heavy atom. The number of esters is 1. The first kappa shape index (κ1) is 23.3. The minimum absolute atomic E-state index is 0.138. The first-order valence-electron chi connectivity index (χ1n) is 10.2. The molecule has 3 aromatic heterocycles. The molecule has 0 saturated heterocycles. The van der Waals surface area contributed by atoms with Gasteiger partial charge in [0.25, 0.3) is 11.5 Å².